The van der Waals surface area contributed by atoms with Crippen LogP contribution in [-0.2, 0) is 6.42 Å². The van der Waals surface area contributed by atoms with E-state index in [1.54, 1.807) is 6.20 Å². The third-order valence-electron chi connectivity index (χ3n) is 2.52. The van der Waals surface area contributed by atoms with E-state index in [0.29, 0.717) is 18.2 Å². The Labute approximate surface area is 127 Å². The topological polar surface area (TPSA) is 57.4 Å². The highest BCUT2D eigenvalue weighted by Crippen LogP contribution is 2.18. The van der Waals surface area contributed by atoms with E-state index in [-0.39, 0.29) is 0 Å². The minimum atomic E-state index is 0.390. The average molecular weight is 308 g/mol. The van der Waals surface area contributed by atoms with Gasteiger partial charge in [-0.05, 0) is 31.2 Å². The molecule has 2 aromatic rings. The number of rotatable bonds is 7. The molecule has 106 valence electrons. The first-order valence-electron chi connectivity index (χ1n) is 6.29. The molecule has 1 heterocycles. The molecule has 2 N–H and O–H groups in total. The summed E-state index contributed by atoms with van der Waals surface area (Å²) in [5.41, 5.74) is 5.54. The Balaban J connectivity index is 1.81. The minimum Gasteiger partial charge on any atom is -0.494 e. The van der Waals surface area contributed by atoms with E-state index in [0.717, 1.165) is 27.8 Å². The maximum atomic E-state index is 5.66. The van der Waals surface area contributed by atoms with Gasteiger partial charge in [0.2, 0.25) is 0 Å². The zero-order valence-corrected chi connectivity index (χ0v) is 12.8. The molecule has 1 aromatic heterocycles. The second-order valence-corrected chi connectivity index (χ2v) is 5.54. The van der Waals surface area contributed by atoms with Crippen molar-refractivity contribution in [3.63, 3.8) is 0 Å². The third-order valence-corrected chi connectivity index (χ3v) is 3.96. The number of hydrogen-bond acceptors (Lipinski definition) is 5. The van der Waals surface area contributed by atoms with Crippen molar-refractivity contribution in [1.29, 1.82) is 0 Å². The number of thiocarbonyl (C=S) groups is 1. The Kier molecular flexibility index (Phi) is 5.31. The van der Waals surface area contributed by atoms with Crippen molar-refractivity contribution in [2.24, 2.45) is 5.73 Å². The molecule has 0 saturated carbocycles. The summed E-state index contributed by atoms with van der Waals surface area (Å²) in [6.45, 7) is 3.19. The van der Waals surface area contributed by atoms with Crippen LogP contribution >= 0.6 is 23.6 Å². The van der Waals surface area contributed by atoms with Gasteiger partial charge >= 0.3 is 0 Å². The smallest absolute Gasteiger partial charge is 0.119 e. The summed E-state index contributed by atoms with van der Waals surface area (Å²) >= 11 is 6.41. The van der Waals surface area contributed by atoms with Crippen LogP contribution in [0.25, 0.3) is 0 Å². The molecule has 6 heteroatoms. The van der Waals surface area contributed by atoms with Crippen LogP contribution in [0.2, 0.25) is 0 Å². The monoisotopic (exact) mass is 308 g/mol. The van der Waals surface area contributed by atoms with E-state index < -0.39 is 0 Å². The molecule has 0 aliphatic rings. The fraction of sp³-hybridized carbons (Fsp3) is 0.286. The first kappa shape index (κ1) is 14.7. The van der Waals surface area contributed by atoms with Gasteiger partial charge in [-0.3, -0.25) is 0 Å². The van der Waals surface area contributed by atoms with E-state index in [1.165, 1.54) is 11.3 Å². The Bertz CT molecular complexity index is 567. The zero-order valence-electron chi connectivity index (χ0n) is 11.2. The summed E-state index contributed by atoms with van der Waals surface area (Å²) in [6.07, 6.45) is 2.44. The Morgan fingerprint density at radius 1 is 1.25 bits per heavy atom. The average Bonchev–Trinajstić information content (AvgIpc) is 2.90. The third kappa shape index (κ3) is 4.18. The lowest BCUT2D eigenvalue weighted by Gasteiger charge is -2.06. The molecular formula is C14H16N2O2S2. The SMILES string of the molecule is CCOc1ccc(OCCc2ncc(C(N)=S)s2)cc1. The van der Waals surface area contributed by atoms with Crippen LogP contribution in [0.4, 0.5) is 0 Å². The molecule has 1 aromatic carbocycles. The lowest BCUT2D eigenvalue weighted by Crippen LogP contribution is -2.06. The predicted octanol–water partition coefficient (Wildman–Crippen LogP) is 2.80. The van der Waals surface area contributed by atoms with Crippen LogP contribution in [0.5, 0.6) is 11.5 Å². The van der Waals surface area contributed by atoms with Gasteiger partial charge in [-0.1, -0.05) is 12.2 Å². The number of ether oxygens (including phenoxy) is 2. The van der Waals surface area contributed by atoms with E-state index in [9.17, 15) is 0 Å². The van der Waals surface area contributed by atoms with Gasteiger partial charge in [0, 0.05) is 12.6 Å². The molecule has 0 aliphatic carbocycles. The van der Waals surface area contributed by atoms with Crippen molar-refractivity contribution >= 4 is 28.5 Å². The van der Waals surface area contributed by atoms with E-state index in [4.69, 9.17) is 27.4 Å². The van der Waals surface area contributed by atoms with Crippen molar-refractivity contribution in [2.45, 2.75) is 13.3 Å². The fourth-order valence-electron chi connectivity index (χ4n) is 1.59. The summed E-state index contributed by atoms with van der Waals surface area (Å²) in [7, 11) is 0. The normalized spacial score (nSPS) is 10.2. The highest BCUT2D eigenvalue weighted by Gasteiger charge is 2.04. The standard InChI is InChI=1S/C14H16N2O2S2/c1-2-17-10-3-5-11(6-4-10)18-8-7-13-16-9-12(20-13)14(15)19/h3-6,9H,2,7-8H2,1H3,(H2,15,19). The van der Waals surface area contributed by atoms with Crippen LogP contribution in [0, 0.1) is 0 Å². The number of nitrogens with two attached hydrogens (primary N) is 1. The van der Waals surface area contributed by atoms with Gasteiger partial charge in [0.05, 0.1) is 23.1 Å². The lowest BCUT2D eigenvalue weighted by atomic mass is 10.3. The summed E-state index contributed by atoms with van der Waals surface area (Å²) in [6, 6.07) is 7.58. The van der Waals surface area contributed by atoms with E-state index >= 15 is 0 Å². The maximum absolute atomic E-state index is 5.66. The van der Waals surface area contributed by atoms with E-state index in [2.05, 4.69) is 4.98 Å². The van der Waals surface area contributed by atoms with Crippen LogP contribution in [0.1, 0.15) is 16.8 Å². The molecule has 0 bridgehead atoms. The molecule has 0 amide bonds. The van der Waals surface area contributed by atoms with Crippen LogP contribution in [0.15, 0.2) is 30.5 Å². The van der Waals surface area contributed by atoms with Crippen molar-refractivity contribution in [3.05, 3.63) is 40.3 Å². The molecule has 0 spiro atoms. The van der Waals surface area contributed by atoms with E-state index in [1.807, 2.05) is 31.2 Å². The Morgan fingerprint density at radius 2 is 1.90 bits per heavy atom. The summed E-state index contributed by atoms with van der Waals surface area (Å²) in [4.78, 5) is 5.49. The Hall–Kier alpha value is -1.66. The Morgan fingerprint density at radius 3 is 2.45 bits per heavy atom. The molecule has 0 saturated heterocycles. The molecule has 0 atom stereocenters. The molecule has 20 heavy (non-hydrogen) atoms. The van der Waals surface area contributed by atoms with Crippen molar-refractivity contribution in [2.75, 3.05) is 13.2 Å². The van der Waals surface area contributed by atoms with Gasteiger partial charge in [0.25, 0.3) is 0 Å². The second kappa shape index (κ2) is 7.21. The highest BCUT2D eigenvalue weighted by molar-refractivity contribution is 7.81. The molecule has 2 rings (SSSR count). The fourth-order valence-corrected chi connectivity index (χ4v) is 2.52. The second-order valence-electron chi connectivity index (χ2n) is 3.99. The summed E-state index contributed by atoms with van der Waals surface area (Å²) < 4.78 is 11.0. The number of benzene rings is 1. The molecule has 0 radical (unpaired) electrons. The first-order chi connectivity index (χ1) is 9.69. The molecule has 0 unspecified atom stereocenters. The number of hydrogen-bond donors (Lipinski definition) is 1. The number of thiazole rings is 1. The van der Waals surface area contributed by atoms with Gasteiger partial charge in [-0.15, -0.1) is 11.3 Å². The first-order valence-corrected chi connectivity index (χ1v) is 7.51. The van der Waals surface area contributed by atoms with Crippen LogP contribution in [0.3, 0.4) is 0 Å². The highest BCUT2D eigenvalue weighted by atomic mass is 32.1. The number of aromatic nitrogens is 1. The van der Waals surface area contributed by atoms with Gasteiger partial charge in [0.15, 0.2) is 0 Å². The zero-order chi connectivity index (χ0) is 14.4. The van der Waals surface area contributed by atoms with Gasteiger partial charge in [0.1, 0.15) is 16.5 Å². The molecule has 0 fully saturated rings. The van der Waals surface area contributed by atoms with Crippen molar-refractivity contribution < 1.29 is 9.47 Å². The van der Waals surface area contributed by atoms with Crippen LogP contribution < -0.4 is 15.2 Å². The summed E-state index contributed by atoms with van der Waals surface area (Å²) in [5.74, 6) is 1.67. The molecule has 4 nitrogen and oxygen atoms in total. The predicted molar refractivity (Wildman–Crippen MR) is 84.8 cm³/mol. The molecular weight excluding hydrogens is 292 g/mol. The minimum absolute atomic E-state index is 0.390. The van der Waals surface area contributed by atoms with Gasteiger partial charge in [-0.25, -0.2) is 4.98 Å². The van der Waals surface area contributed by atoms with Crippen molar-refractivity contribution in [1.82, 2.24) is 4.98 Å². The maximum Gasteiger partial charge on any atom is 0.119 e. The van der Waals surface area contributed by atoms with Crippen molar-refractivity contribution in [3.8, 4) is 11.5 Å². The largest absolute Gasteiger partial charge is 0.494 e. The van der Waals surface area contributed by atoms with Gasteiger partial charge < -0.3 is 15.2 Å². The van der Waals surface area contributed by atoms with Gasteiger partial charge in [-0.2, -0.15) is 0 Å². The molecule has 0 aliphatic heterocycles. The van der Waals surface area contributed by atoms with Crippen LogP contribution in [-0.4, -0.2) is 23.2 Å². The quantitative estimate of drug-likeness (QED) is 0.797. The number of nitrogens with zero attached hydrogens (tertiary/aromatic N) is 1. The summed E-state index contributed by atoms with van der Waals surface area (Å²) in [5, 5.41) is 0.971. The lowest BCUT2D eigenvalue weighted by molar-refractivity contribution is 0.318.